The number of hydrogen-bond acceptors (Lipinski definition) is 9. The second kappa shape index (κ2) is 14.6. The van der Waals surface area contributed by atoms with Crippen molar-refractivity contribution in [1.29, 1.82) is 0 Å². The molecule has 2 aromatic heterocycles. The molecule has 3 heterocycles. The highest BCUT2D eigenvalue weighted by molar-refractivity contribution is 7.17. The third kappa shape index (κ3) is 8.52. The van der Waals surface area contributed by atoms with Gasteiger partial charge in [-0.05, 0) is 80.8 Å². The highest BCUT2D eigenvalue weighted by atomic mass is 32.1. The van der Waals surface area contributed by atoms with Gasteiger partial charge in [-0.3, -0.25) is 0 Å². The van der Waals surface area contributed by atoms with Gasteiger partial charge in [0.05, 0.1) is 17.9 Å². The lowest BCUT2D eigenvalue weighted by Crippen LogP contribution is -2.39. The molecule has 2 amide bonds. The van der Waals surface area contributed by atoms with Crippen LogP contribution in [0.3, 0.4) is 0 Å². The number of amides is 2. The van der Waals surface area contributed by atoms with Crippen molar-refractivity contribution in [2.24, 2.45) is 5.41 Å². The van der Waals surface area contributed by atoms with Gasteiger partial charge >= 0.3 is 18.4 Å². The van der Waals surface area contributed by atoms with Crippen LogP contribution >= 0.6 is 11.3 Å². The van der Waals surface area contributed by atoms with Crippen LogP contribution in [0.15, 0.2) is 47.8 Å². The van der Waals surface area contributed by atoms with Crippen molar-refractivity contribution in [3.8, 4) is 28.3 Å². The average molecular weight is 731 g/mol. The zero-order valence-electron chi connectivity index (χ0n) is 28.4. The van der Waals surface area contributed by atoms with Crippen LogP contribution in [-0.2, 0) is 27.2 Å². The lowest BCUT2D eigenvalue weighted by Gasteiger charge is -2.31. The van der Waals surface area contributed by atoms with E-state index in [0.717, 1.165) is 26.8 Å². The predicted octanol–water partition coefficient (Wildman–Crippen LogP) is 7.92. The van der Waals surface area contributed by atoms with Crippen molar-refractivity contribution in [3.05, 3.63) is 64.8 Å². The van der Waals surface area contributed by atoms with Crippen LogP contribution in [0.1, 0.15) is 44.7 Å². The van der Waals surface area contributed by atoms with E-state index in [4.69, 9.17) is 18.9 Å². The summed E-state index contributed by atoms with van der Waals surface area (Å²) in [7, 11) is 0. The lowest BCUT2D eigenvalue weighted by molar-refractivity contribution is -0.196. The van der Waals surface area contributed by atoms with Gasteiger partial charge in [0.1, 0.15) is 47.2 Å². The Balaban J connectivity index is 1.06. The normalized spacial score (nSPS) is 15.3. The second-order valence-electron chi connectivity index (χ2n) is 13.6. The zero-order valence-corrected chi connectivity index (χ0v) is 29.2. The first-order valence-corrected chi connectivity index (χ1v) is 17.4. The summed E-state index contributed by atoms with van der Waals surface area (Å²) < 4.78 is 75.8. The molecule has 1 saturated carbocycles. The molecule has 2 aliphatic rings. The molecule has 0 saturated heterocycles. The van der Waals surface area contributed by atoms with Gasteiger partial charge < -0.3 is 29.2 Å². The molecule has 0 atom stereocenters. The van der Waals surface area contributed by atoms with Crippen LogP contribution < -0.4 is 10.1 Å². The quantitative estimate of drug-likeness (QED) is 0.122. The van der Waals surface area contributed by atoms with Crippen molar-refractivity contribution in [2.75, 3.05) is 39.5 Å². The van der Waals surface area contributed by atoms with Crippen LogP contribution in [0.5, 0.6) is 5.75 Å². The largest absolute Gasteiger partial charge is 0.490 e. The van der Waals surface area contributed by atoms with Gasteiger partial charge in [-0.2, -0.15) is 13.2 Å². The van der Waals surface area contributed by atoms with Gasteiger partial charge in [0, 0.05) is 42.2 Å². The molecule has 10 nitrogen and oxygen atoms in total. The molecule has 0 radical (unpaired) electrons. The van der Waals surface area contributed by atoms with Gasteiger partial charge in [0.25, 0.3) is 0 Å². The smallest absolute Gasteiger partial charge is 0.410 e. The van der Waals surface area contributed by atoms with Gasteiger partial charge in [-0.15, -0.1) is 21.5 Å². The molecule has 4 aromatic rings. The van der Waals surface area contributed by atoms with Gasteiger partial charge in [-0.25, -0.2) is 14.0 Å². The predicted molar refractivity (Wildman–Crippen MR) is 182 cm³/mol. The highest BCUT2D eigenvalue weighted by Gasteiger charge is 2.64. The van der Waals surface area contributed by atoms with E-state index in [1.807, 2.05) is 44.4 Å². The van der Waals surface area contributed by atoms with E-state index in [-0.39, 0.29) is 51.0 Å². The minimum absolute atomic E-state index is 0.0239. The number of halogens is 4. The number of thiophene rings is 1. The Labute approximate surface area is 296 Å². The molecule has 1 aliphatic heterocycles. The van der Waals surface area contributed by atoms with E-state index >= 15 is 0 Å². The van der Waals surface area contributed by atoms with Crippen molar-refractivity contribution in [1.82, 2.24) is 20.4 Å². The number of aromatic nitrogens is 2. The molecule has 1 fully saturated rings. The summed E-state index contributed by atoms with van der Waals surface area (Å²) in [5.41, 5.74) is 2.36. The SMILES string of the molecule is CC(C)(C)OC(=O)N1CCc2cc(-c3nnc(-c4ccc(F)cc4OCCOCCNC(=O)OCC4(C(F)(F)F)CC4)c4sccc34)ccc2C1. The molecule has 51 heavy (non-hydrogen) atoms. The summed E-state index contributed by atoms with van der Waals surface area (Å²) in [5.74, 6) is -0.249. The average Bonchev–Trinajstić information content (AvgIpc) is 3.73. The fourth-order valence-electron chi connectivity index (χ4n) is 5.71. The molecular weight excluding hydrogens is 692 g/mol. The molecule has 15 heteroatoms. The minimum Gasteiger partial charge on any atom is -0.490 e. The number of nitrogens with one attached hydrogen (secondary N) is 1. The Morgan fingerprint density at radius 1 is 0.980 bits per heavy atom. The fourth-order valence-corrected chi connectivity index (χ4v) is 6.61. The molecule has 1 aliphatic carbocycles. The Kier molecular flexibility index (Phi) is 10.4. The molecule has 272 valence electrons. The van der Waals surface area contributed by atoms with E-state index in [1.54, 1.807) is 11.0 Å². The number of ether oxygens (including phenoxy) is 4. The van der Waals surface area contributed by atoms with E-state index in [9.17, 15) is 27.2 Å². The first-order chi connectivity index (χ1) is 24.2. The minimum atomic E-state index is -4.40. The van der Waals surface area contributed by atoms with E-state index in [1.165, 1.54) is 23.5 Å². The van der Waals surface area contributed by atoms with Gasteiger partial charge in [0.15, 0.2) is 0 Å². The topological polar surface area (TPSA) is 112 Å². The maximum atomic E-state index is 14.4. The summed E-state index contributed by atoms with van der Waals surface area (Å²) in [6.07, 6.45) is -5.10. The maximum absolute atomic E-state index is 14.4. The fraction of sp³-hybridized carbons (Fsp3) is 0.444. The number of alkyl halides is 3. The number of fused-ring (bicyclic) bond motifs is 2. The number of benzene rings is 2. The van der Waals surface area contributed by atoms with Crippen molar-refractivity contribution in [3.63, 3.8) is 0 Å². The van der Waals surface area contributed by atoms with Crippen LogP contribution in [0.4, 0.5) is 27.2 Å². The molecule has 1 N–H and O–H groups in total. The molecule has 0 bridgehead atoms. The van der Waals surface area contributed by atoms with Crippen LogP contribution in [0.2, 0.25) is 0 Å². The number of rotatable bonds is 11. The monoisotopic (exact) mass is 730 g/mol. The van der Waals surface area contributed by atoms with E-state index in [2.05, 4.69) is 21.6 Å². The van der Waals surface area contributed by atoms with Crippen LogP contribution in [-0.4, -0.2) is 78.6 Å². The van der Waals surface area contributed by atoms with Crippen molar-refractivity contribution >= 4 is 33.6 Å². The van der Waals surface area contributed by atoms with Crippen LogP contribution in [0.25, 0.3) is 32.6 Å². The molecule has 2 aromatic carbocycles. The summed E-state index contributed by atoms with van der Waals surface area (Å²) in [5, 5.41) is 14.4. The Morgan fingerprint density at radius 2 is 1.76 bits per heavy atom. The van der Waals surface area contributed by atoms with Crippen LogP contribution in [0, 0.1) is 11.2 Å². The number of nitrogens with zero attached hydrogens (tertiary/aromatic N) is 3. The first-order valence-electron chi connectivity index (χ1n) is 16.5. The summed E-state index contributed by atoms with van der Waals surface area (Å²) in [6, 6.07) is 12.2. The van der Waals surface area contributed by atoms with Crippen molar-refractivity contribution < 1.29 is 46.1 Å². The Morgan fingerprint density at radius 3 is 2.51 bits per heavy atom. The Hall–Kier alpha value is -4.50. The number of alkyl carbamates (subject to hydrolysis) is 1. The van der Waals surface area contributed by atoms with Crippen molar-refractivity contribution in [2.45, 2.75) is 58.4 Å². The summed E-state index contributed by atoms with van der Waals surface area (Å²) in [4.78, 5) is 26.1. The third-order valence-corrected chi connectivity index (χ3v) is 9.58. The van der Waals surface area contributed by atoms with Gasteiger partial charge in [0.2, 0.25) is 0 Å². The van der Waals surface area contributed by atoms with Gasteiger partial charge in [-0.1, -0.05) is 12.1 Å². The Bertz CT molecular complexity index is 1910. The highest BCUT2D eigenvalue weighted by Crippen LogP contribution is 2.57. The molecular formula is C36H38F4N4O6S. The molecule has 6 rings (SSSR count). The van der Waals surface area contributed by atoms with E-state index in [0.29, 0.717) is 36.5 Å². The first kappa shape index (κ1) is 36.3. The zero-order chi connectivity index (χ0) is 36.4. The number of carbonyl (C=O) groups is 2. The summed E-state index contributed by atoms with van der Waals surface area (Å²) >= 11 is 1.48. The number of carbonyl (C=O) groups excluding carboxylic acids is 2. The van der Waals surface area contributed by atoms with E-state index < -0.39 is 35.7 Å². The molecule has 0 spiro atoms. The third-order valence-electron chi connectivity index (χ3n) is 8.66. The summed E-state index contributed by atoms with van der Waals surface area (Å²) in [6.45, 7) is 6.07. The number of hydrogen-bond donors (Lipinski definition) is 1. The maximum Gasteiger partial charge on any atom is 0.410 e. The second-order valence-corrected chi connectivity index (χ2v) is 14.5. The standard InChI is InChI=1S/C36H38F4N4O6S/c1-34(2,3)50-33(46)44-13-8-22-18-23(4-5-24(22)20-44)29-27-9-17-51-31(27)30(43-42-29)26-7-6-25(37)19-28(26)48-16-15-47-14-12-41-32(45)49-21-35(10-11-35)36(38,39)40/h4-7,9,17-19H,8,10-16,20-21H2,1-3H3,(H,41,45). The lowest BCUT2D eigenvalue weighted by atomic mass is 9.95. The molecule has 0 unspecified atom stereocenters.